The summed E-state index contributed by atoms with van der Waals surface area (Å²) >= 11 is 0. The van der Waals surface area contributed by atoms with Crippen LogP contribution in [0.1, 0.15) is 5.56 Å². The average molecular weight is 455 g/mol. The largest absolute Gasteiger partial charge is 0.489 e. The Balaban J connectivity index is 1.34. The highest BCUT2D eigenvalue weighted by Crippen LogP contribution is 2.38. The van der Waals surface area contributed by atoms with Crippen LogP contribution in [0.2, 0.25) is 0 Å². The van der Waals surface area contributed by atoms with E-state index in [1.165, 1.54) is 6.21 Å². The van der Waals surface area contributed by atoms with E-state index in [2.05, 4.69) is 39.3 Å². The zero-order valence-electron chi connectivity index (χ0n) is 18.9. The first-order valence-electron chi connectivity index (χ1n) is 11.3. The summed E-state index contributed by atoms with van der Waals surface area (Å²) < 4.78 is 8.08. The number of anilines is 4. The molecule has 1 saturated heterocycles. The van der Waals surface area contributed by atoms with Gasteiger partial charge in [-0.05, 0) is 25.2 Å². The van der Waals surface area contributed by atoms with Crippen LogP contribution in [0, 0.1) is 5.41 Å². The Kier molecular flexibility index (Phi) is 4.84. The van der Waals surface area contributed by atoms with Gasteiger partial charge in [-0.1, -0.05) is 12.1 Å². The summed E-state index contributed by atoms with van der Waals surface area (Å²) in [6.45, 7) is 3.75. The highest BCUT2D eigenvalue weighted by molar-refractivity contribution is 5.87. The third-order valence-electron chi connectivity index (χ3n) is 6.56. The van der Waals surface area contributed by atoms with E-state index in [1.54, 1.807) is 6.20 Å². The lowest BCUT2D eigenvalue weighted by Gasteiger charge is -2.44. The molecule has 6 rings (SSSR count). The Morgan fingerprint density at radius 1 is 1.21 bits per heavy atom. The van der Waals surface area contributed by atoms with Gasteiger partial charge in [0.1, 0.15) is 12.4 Å². The Hall–Kier alpha value is -4.11. The molecule has 0 bridgehead atoms. The maximum atomic E-state index is 7.47. The van der Waals surface area contributed by atoms with Crippen molar-refractivity contribution < 1.29 is 4.74 Å². The van der Waals surface area contributed by atoms with Gasteiger partial charge in [-0.25, -0.2) is 9.97 Å². The summed E-state index contributed by atoms with van der Waals surface area (Å²) in [6.07, 6.45) is 6.82. The normalized spacial score (nSPS) is 17.7. The van der Waals surface area contributed by atoms with Gasteiger partial charge in [-0.15, -0.1) is 0 Å². The zero-order chi connectivity index (χ0) is 23.2. The number of nitrogen functional groups attached to an aromatic ring is 1. The molecule has 0 radical (unpaired) electrons. The predicted molar refractivity (Wildman–Crippen MR) is 135 cm³/mol. The molecule has 34 heavy (non-hydrogen) atoms. The molecule has 9 nitrogen and oxygen atoms in total. The molecule has 1 atom stereocenters. The molecular weight excluding hydrogens is 428 g/mol. The number of nitrogens with two attached hydrogens (primary N) is 1. The number of nitrogens with zero attached hydrogens (tertiary/aromatic N) is 5. The van der Waals surface area contributed by atoms with E-state index in [1.807, 2.05) is 41.1 Å². The van der Waals surface area contributed by atoms with Gasteiger partial charge in [-0.3, -0.25) is 0 Å². The van der Waals surface area contributed by atoms with Gasteiger partial charge in [0.25, 0.3) is 0 Å². The van der Waals surface area contributed by atoms with E-state index in [9.17, 15) is 0 Å². The van der Waals surface area contributed by atoms with Gasteiger partial charge < -0.3 is 35.4 Å². The first-order chi connectivity index (χ1) is 16.6. The fourth-order valence-electron chi connectivity index (χ4n) is 4.76. The quantitative estimate of drug-likeness (QED) is 0.321. The van der Waals surface area contributed by atoms with Gasteiger partial charge in [0.15, 0.2) is 11.5 Å². The molecule has 2 aliphatic rings. The molecule has 1 fully saturated rings. The minimum atomic E-state index is 0.388. The smallest absolute Gasteiger partial charge is 0.180 e. The number of fused-ring (bicyclic) bond motifs is 4. The highest BCUT2D eigenvalue weighted by Gasteiger charge is 2.31. The molecule has 2 aromatic heterocycles. The van der Waals surface area contributed by atoms with Gasteiger partial charge >= 0.3 is 0 Å². The van der Waals surface area contributed by atoms with Crippen molar-refractivity contribution in [2.24, 2.45) is 0 Å². The van der Waals surface area contributed by atoms with Crippen LogP contribution in [-0.2, 0) is 0 Å². The minimum Gasteiger partial charge on any atom is -0.489 e. The number of aromatic nitrogens is 3. The molecule has 2 aliphatic heterocycles. The molecule has 1 unspecified atom stereocenters. The third-order valence-corrected chi connectivity index (χ3v) is 6.56. The first-order valence-corrected chi connectivity index (χ1v) is 11.3. The molecular formula is C25H26N8O. The number of hydrogen-bond donors (Lipinski definition) is 3. The van der Waals surface area contributed by atoms with Crippen molar-refractivity contribution >= 4 is 34.7 Å². The monoisotopic (exact) mass is 454 g/mol. The van der Waals surface area contributed by atoms with Crippen molar-refractivity contribution in [3.05, 3.63) is 60.6 Å². The summed E-state index contributed by atoms with van der Waals surface area (Å²) in [4.78, 5) is 14.1. The fourth-order valence-corrected chi connectivity index (χ4v) is 4.76. The molecule has 0 aliphatic carbocycles. The molecule has 2 aromatic carbocycles. The van der Waals surface area contributed by atoms with Crippen molar-refractivity contribution in [1.82, 2.24) is 19.3 Å². The second-order valence-electron chi connectivity index (χ2n) is 8.85. The topological polar surface area (TPSA) is 108 Å². The highest BCUT2D eigenvalue weighted by atomic mass is 16.5. The fraction of sp³-hybridized carbons (Fsp3) is 0.240. The Morgan fingerprint density at radius 3 is 2.97 bits per heavy atom. The van der Waals surface area contributed by atoms with Crippen molar-refractivity contribution in [3.8, 4) is 17.0 Å². The van der Waals surface area contributed by atoms with Crippen LogP contribution in [0.15, 0.2) is 55.0 Å². The SMILES string of the molecule is CN1CCN2c3ccc(Nc4nc(-c5ccc(C=N)c(N)c5)cn5ccnc45)cc3OCC2C1. The van der Waals surface area contributed by atoms with E-state index in [0.717, 1.165) is 53.7 Å². The summed E-state index contributed by atoms with van der Waals surface area (Å²) in [5, 5.41) is 10.9. The Labute approximate surface area is 197 Å². The van der Waals surface area contributed by atoms with E-state index in [-0.39, 0.29) is 0 Å². The second-order valence-corrected chi connectivity index (χ2v) is 8.85. The maximum Gasteiger partial charge on any atom is 0.180 e. The van der Waals surface area contributed by atoms with E-state index < -0.39 is 0 Å². The van der Waals surface area contributed by atoms with Crippen LogP contribution in [0.25, 0.3) is 16.9 Å². The molecule has 4 N–H and O–H groups in total. The first kappa shape index (κ1) is 20.5. The van der Waals surface area contributed by atoms with Gasteiger partial charge in [0, 0.05) is 73.0 Å². The van der Waals surface area contributed by atoms with Crippen LogP contribution in [0.5, 0.6) is 5.75 Å². The number of nitrogens with one attached hydrogen (secondary N) is 2. The van der Waals surface area contributed by atoms with Crippen LogP contribution in [0.3, 0.4) is 0 Å². The molecule has 9 heteroatoms. The predicted octanol–water partition coefficient (Wildman–Crippen LogP) is 3.23. The number of piperazine rings is 1. The summed E-state index contributed by atoms with van der Waals surface area (Å²) in [7, 11) is 2.16. The van der Waals surface area contributed by atoms with Crippen molar-refractivity contribution in [3.63, 3.8) is 0 Å². The Morgan fingerprint density at radius 2 is 2.12 bits per heavy atom. The summed E-state index contributed by atoms with van der Waals surface area (Å²) in [5.74, 6) is 1.53. The van der Waals surface area contributed by atoms with Crippen LogP contribution >= 0.6 is 0 Å². The average Bonchev–Trinajstić information content (AvgIpc) is 3.33. The second kappa shape index (κ2) is 8.03. The maximum absolute atomic E-state index is 7.47. The Bertz CT molecular complexity index is 1400. The van der Waals surface area contributed by atoms with Crippen molar-refractivity contribution in [2.75, 3.05) is 49.2 Å². The van der Waals surface area contributed by atoms with E-state index in [0.29, 0.717) is 29.7 Å². The van der Waals surface area contributed by atoms with E-state index in [4.69, 9.17) is 20.9 Å². The van der Waals surface area contributed by atoms with Gasteiger partial charge in [0.2, 0.25) is 0 Å². The number of benzene rings is 2. The number of hydrogen-bond acceptors (Lipinski definition) is 8. The molecule has 0 spiro atoms. The summed E-state index contributed by atoms with van der Waals surface area (Å²) in [5.41, 5.74) is 11.7. The van der Waals surface area contributed by atoms with Crippen LogP contribution in [-0.4, -0.2) is 64.8 Å². The minimum absolute atomic E-state index is 0.388. The molecule has 4 heterocycles. The number of likely N-dealkylation sites (N-methyl/N-ethyl adjacent to an activating group) is 1. The molecule has 0 saturated carbocycles. The van der Waals surface area contributed by atoms with Gasteiger partial charge in [-0.2, -0.15) is 0 Å². The number of ether oxygens (including phenoxy) is 1. The van der Waals surface area contributed by atoms with Gasteiger partial charge in [0.05, 0.1) is 17.4 Å². The lowest BCUT2D eigenvalue weighted by atomic mass is 10.1. The van der Waals surface area contributed by atoms with Crippen LogP contribution < -0.4 is 20.7 Å². The lowest BCUT2D eigenvalue weighted by Crippen LogP contribution is -2.56. The molecule has 0 amide bonds. The number of rotatable bonds is 4. The molecule has 4 aromatic rings. The number of imidazole rings is 1. The van der Waals surface area contributed by atoms with Crippen LogP contribution in [0.4, 0.5) is 22.9 Å². The third kappa shape index (κ3) is 3.50. The summed E-state index contributed by atoms with van der Waals surface area (Å²) in [6, 6.07) is 12.2. The zero-order valence-corrected chi connectivity index (χ0v) is 18.9. The van der Waals surface area contributed by atoms with Crippen molar-refractivity contribution in [1.29, 1.82) is 5.41 Å². The molecule has 172 valence electrons. The van der Waals surface area contributed by atoms with Crippen molar-refractivity contribution in [2.45, 2.75) is 6.04 Å². The standard InChI is InChI=1S/C25H26N8O/c1-31-8-9-33-19(13-31)15-34-23-11-18(4-5-22(23)33)29-24-25-28-6-7-32(25)14-21(30-24)16-2-3-17(12-26)20(27)10-16/h2-7,10-12,14,19,26H,8-9,13,15,27H2,1H3,(H,29,30). The van der Waals surface area contributed by atoms with E-state index >= 15 is 0 Å². The lowest BCUT2D eigenvalue weighted by molar-refractivity contribution is 0.188.